The van der Waals surface area contributed by atoms with Gasteiger partial charge < -0.3 is 15.4 Å². The van der Waals surface area contributed by atoms with Gasteiger partial charge >= 0.3 is 5.82 Å². The minimum Gasteiger partial charge on any atom is -0.369 e. The average molecular weight is 264 g/mol. The number of nitrogens with zero attached hydrogens (tertiary/aromatic N) is 3. The number of rotatable bonds is 4. The summed E-state index contributed by atoms with van der Waals surface area (Å²) < 4.78 is 0. The maximum Gasteiger partial charge on any atom is 0.386 e. The van der Waals surface area contributed by atoms with Crippen LogP contribution in [0.3, 0.4) is 0 Å². The maximum absolute atomic E-state index is 10.8. The molecule has 6 nitrogen and oxygen atoms in total. The first-order chi connectivity index (χ1) is 8.58. The fourth-order valence-electron chi connectivity index (χ4n) is 1.52. The summed E-state index contributed by atoms with van der Waals surface area (Å²) >= 11 is 1.53. The molecule has 2 rings (SSSR count). The molecule has 94 valence electrons. The summed E-state index contributed by atoms with van der Waals surface area (Å²) in [5, 5.41) is 16.7. The minimum absolute atomic E-state index is 0.0911. The molecule has 1 N–H and O–H groups in total. The van der Waals surface area contributed by atoms with Crippen molar-refractivity contribution in [3.63, 3.8) is 0 Å². The van der Waals surface area contributed by atoms with E-state index in [4.69, 9.17) is 0 Å². The van der Waals surface area contributed by atoms with Crippen LogP contribution in [0.1, 0.15) is 23.7 Å². The quantitative estimate of drug-likeness (QED) is 0.678. The largest absolute Gasteiger partial charge is 0.386 e. The van der Waals surface area contributed by atoms with E-state index in [-0.39, 0.29) is 11.9 Å². The Morgan fingerprint density at radius 3 is 2.94 bits per heavy atom. The molecule has 0 amide bonds. The van der Waals surface area contributed by atoms with Crippen molar-refractivity contribution < 1.29 is 4.92 Å². The van der Waals surface area contributed by atoms with Gasteiger partial charge in [-0.3, -0.25) is 0 Å². The molecule has 0 saturated carbocycles. The Morgan fingerprint density at radius 1 is 1.56 bits per heavy atom. The summed E-state index contributed by atoms with van der Waals surface area (Å²) in [7, 11) is 0. The predicted molar refractivity (Wildman–Crippen MR) is 69.8 cm³/mol. The van der Waals surface area contributed by atoms with Gasteiger partial charge in [-0.05, 0) is 35.9 Å². The minimum atomic E-state index is -0.498. The summed E-state index contributed by atoms with van der Waals surface area (Å²) in [6.45, 7) is 3.83. The Balaban J connectivity index is 2.21. The summed E-state index contributed by atoms with van der Waals surface area (Å²) in [5.74, 6) is -0.169. The van der Waals surface area contributed by atoms with Crippen molar-refractivity contribution in [2.24, 2.45) is 0 Å². The van der Waals surface area contributed by atoms with Crippen LogP contribution in [0.2, 0.25) is 0 Å². The summed E-state index contributed by atoms with van der Waals surface area (Å²) in [4.78, 5) is 18.4. The summed E-state index contributed by atoms with van der Waals surface area (Å²) in [6, 6.07) is 3.21. The van der Waals surface area contributed by atoms with Crippen molar-refractivity contribution >= 4 is 22.8 Å². The molecule has 2 aromatic heterocycles. The van der Waals surface area contributed by atoms with Crippen LogP contribution in [-0.4, -0.2) is 14.9 Å². The van der Waals surface area contributed by atoms with E-state index in [1.165, 1.54) is 17.5 Å². The first-order valence-corrected chi connectivity index (χ1v) is 6.24. The molecule has 0 aromatic carbocycles. The van der Waals surface area contributed by atoms with Crippen LogP contribution in [0.15, 0.2) is 23.7 Å². The van der Waals surface area contributed by atoms with Crippen molar-refractivity contribution in [2.45, 2.75) is 19.9 Å². The Labute approximate surface area is 108 Å². The van der Waals surface area contributed by atoms with Gasteiger partial charge in [0.15, 0.2) is 0 Å². The lowest BCUT2D eigenvalue weighted by Crippen LogP contribution is -2.08. The van der Waals surface area contributed by atoms with Gasteiger partial charge in [-0.1, -0.05) is 0 Å². The van der Waals surface area contributed by atoms with E-state index in [0.717, 1.165) is 10.7 Å². The molecule has 0 fully saturated rings. The average Bonchev–Trinajstić information content (AvgIpc) is 2.76. The predicted octanol–water partition coefficient (Wildman–Crippen LogP) is 2.93. The van der Waals surface area contributed by atoms with Gasteiger partial charge in [0.05, 0.1) is 6.04 Å². The number of nitrogens with one attached hydrogen (secondary N) is 1. The van der Waals surface area contributed by atoms with E-state index in [1.54, 1.807) is 12.1 Å². The van der Waals surface area contributed by atoms with Gasteiger partial charge in [0.1, 0.15) is 16.9 Å². The SMILES string of the molecule is Cc1csc(C(C)Nc2cccnc2[N+](=O)[O-])n1. The number of anilines is 1. The van der Waals surface area contributed by atoms with Crippen LogP contribution in [0.4, 0.5) is 11.5 Å². The first-order valence-electron chi connectivity index (χ1n) is 5.36. The highest BCUT2D eigenvalue weighted by Crippen LogP contribution is 2.26. The van der Waals surface area contributed by atoms with Crippen LogP contribution in [0, 0.1) is 17.0 Å². The third-order valence-electron chi connectivity index (χ3n) is 2.34. The van der Waals surface area contributed by atoms with Crippen molar-refractivity contribution in [3.8, 4) is 0 Å². The molecule has 7 heteroatoms. The molecular weight excluding hydrogens is 252 g/mol. The molecule has 0 radical (unpaired) electrons. The second kappa shape index (κ2) is 5.09. The molecule has 0 spiro atoms. The number of pyridine rings is 1. The summed E-state index contributed by atoms with van der Waals surface area (Å²) in [6.07, 6.45) is 1.40. The topological polar surface area (TPSA) is 81.0 Å². The Morgan fingerprint density at radius 2 is 2.33 bits per heavy atom. The van der Waals surface area contributed by atoms with E-state index in [0.29, 0.717) is 5.69 Å². The lowest BCUT2D eigenvalue weighted by molar-refractivity contribution is -0.388. The number of hydrogen-bond donors (Lipinski definition) is 1. The second-order valence-electron chi connectivity index (χ2n) is 3.82. The van der Waals surface area contributed by atoms with Gasteiger partial charge in [-0.15, -0.1) is 11.3 Å². The van der Waals surface area contributed by atoms with Crippen molar-refractivity contribution in [2.75, 3.05) is 5.32 Å². The third-order valence-corrected chi connectivity index (χ3v) is 3.48. The lowest BCUT2D eigenvalue weighted by Gasteiger charge is -2.12. The van der Waals surface area contributed by atoms with Crippen molar-refractivity contribution in [1.29, 1.82) is 0 Å². The molecule has 2 aromatic rings. The van der Waals surface area contributed by atoms with Crippen LogP contribution in [-0.2, 0) is 0 Å². The molecule has 1 unspecified atom stereocenters. The zero-order valence-electron chi connectivity index (χ0n) is 9.95. The molecule has 0 saturated heterocycles. The third kappa shape index (κ3) is 2.62. The fourth-order valence-corrected chi connectivity index (χ4v) is 2.32. The molecule has 2 heterocycles. The monoisotopic (exact) mass is 264 g/mol. The van der Waals surface area contributed by atoms with Gasteiger partial charge in [0.2, 0.25) is 0 Å². The lowest BCUT2D eigenvalue weighted by atomic mass is 10.3. The molecular formula is C11H12N4O2S. The Hall–Kier alpha value is -2.02. The Bertz CT molecular complexity index is 570. The van der Waals surface area contributed by atoms with Crippen LogP contribution in [0.25, 0.3) is 0 Å². The van der Waals surface area contributed by atoms with Gasteiger partial charge in [-0.2, -0.15) is 0 Å². The molecule has 0 aliphatic carbocycles. The van der Waals surface area contributed by atoms with Crippen LogP contribution in [0.5, 0.6) is 0 Å². The zero-order valence-corrected chi connectivity index (χ0v) is 10.8. The number of aryl methyl sites for hydroxylation is 1. The number of nitro groups is 1. The highest BCUT2D eigenvalue weighted by molar-refractivity contribution is 7.09. The van der Waals surface area contributed by atoms with E-state index >= 15 is 0 Å². The zero-order chi connectivity index (χ0) is 13.1. The van der Waals surface area contributed by atoms with E-state index in [9.17, 15) is 10.1 Å². The first kappa shape index (κ1) is 12.4. The van der Waals surface area contributed by atoms with Crippen molar-refractivity contribution in [1.82, 2.24) is 9.97 Å². The van der Waals surface area contributed by atoms with Gasteiger partial charge in [0, 0.05) is 11.1 Å². The highest BCUT2D eigenvalue weighted by atomic mass is 32.1. The van der Waals surface area contributed by atoms with Crippen molar-refractivity contribution in [3.05, 3.63) is 44.5 Å². The maximum atomic E-state index is 10.8. The number of hydrogen-bond acceptors (Lipinski definition) is 6. The molecule has 18 heavy (non-hydrogen) atoms. The fraction of sp³-hybridized carbons (Fsp3) is 0.273. The molecule has 1 atom stereocenters. The standard InChI is InChI=1S/C11H12N4O2S/c1-7-6-18-11(13-7)8(2)14-9-4-3-5-12-10(9)15(16)17/h3-6,8,14H,1-2H3. The van der Waals surface area contributed by atoms with E-state index in [1.807, 2.05) is 19.2 Å². The Kier molecular flexibility index (Phi) is 3.52. The normalized spacial score (nSPS) is 12.1. The van der Waals surface area contributed by atoms with Gasteiger partial charge in [0.25, 0.3) is 0 Å². The van der Waals surface area contributed by atoms with Gasteiger partial charge in [-0.25, -0.2) is 4.98 Å². The van der Waals surface area contributed by atoms with Crippen LogP contribution >= 0.6 is 11.3 Å². The number of thiazole rings is 1. The number of aromatic nitrogens is 2. The van der Waals surface area contributed by atoms with E-state index in [2.05, 4.69) is 15.3 Å². The summed E-state index contributed by atoms with van der Waals surface area (Å²) in [5.41, 5.74) is 1.35. The smallest absolute Gasteiger partial charge is 0.369 e. The molecule has 0 bridgehead atoms. The molecule has 0 aliphatic rings. The highest BCUT2D eigenvalue weighted by Gasteiger charge is 2.17. The van der Waals surface area contributed by atoms with Crippen LogP contribution < -0.4 is 5.32 Å². The molecule has 0 aliphatic heterocycles. The second-order valence-corrected chi connectivity index (χ2v) is 4.71. The van der Waals surface area contributed by atoms with E-state index < -0.39 is 4.92 Å².